The molecule has 1 aliphatic carbocycles. The summed E-state index contributed by atoms with van der Waals surface area (Å²) in [5.41, 5.74) is 1.99. The van der Waals surface area contributed by atoms with Gasteiger partial charge in [0.05, 0.1) is 19.7 Å². The number of ether oxygens (including phenoxy) is 2. The minimum atomic E-state index is 0.374. The lowest BCUT2D eigenvalue weighted by Crippen LogP contribution is -2.37. The molecule has 7 nitrogen and oxygen atoms in total. The Morgan fingerprint density at radius 3 is 2.50 bits per heavy atom. The van der Waals surface area contributed by atoms with Crippen LogP contribution >= 0.6 is 0 Å². The third-order valence-corrected chi connectivity index (χ3v) is 5.99. The normalized spacial score (nSPS) is 18.1. The summed E-state index contributed by atoms with van der Waals surface area (Å²) < 4.78 is 10.8. The minimum Gasteiger partial charge on any atom is -0.492 e. The molecule has 1 saturated carbocycles. The van der Waals surface area contributed by atoms with Gasteiger partial charge in [-0.2, -0.15) is 4.98 Å². The number of para-hydroxylation sites is 1. The zero-order chi connectivity index (χ0) is 22.5. The predicted molar refractivity (Wildman–Crippen MR) is 128 cm³/mol. The second kappa shape index (κ2) is 9.92. The lowest BCUT2D eigenvalue weighted by Gasteiger charge is -2.30. The van der Waals surface area contributed by atoms with E-state index in [1.807, 2.05) is 43.3 Å². The Balaban J connectivity index is 1.35. The van der Waals surface area contributed by atoms with Crippen LogP contribution in [0.5, 0.6) is 11.5 Å². The van der Waals surface area contributed by atoms with Gasteiger partial charge in [-0.3, -0.25) is 0 Å². The molecule has 0 unspecified atom stereocenters. The lowest BCUT2D eigenvalue weighted by molar-refractivity contribution is 0.337. The number of rotatable bonds is 8. The zero-order valence-corrected chi connectivity index (χ0v) is 19.2. The van der Waals surface area contributed by atoms with E-state index in [4.69, 9.17) is 19.4 Å². The van der Waals surface area contributed by atoms with E-state index in [0.717, 1.165) is 53.7 Å². The van der Waals surface area contributed by atoms with Gasteiger partial charge in [0.1, 0.15) is 5.82 Å². The predicted octanol–water partition coefficient (Wildman–Crippen LogP) is 3.83. The Kier molecular flexibility index (Phi) is 6.81. The van der Waals surface area contributed by atoms with E-state index >= 15 is 0 Å². The van der Waals surface area contributed by atoms with Gasteiger partial charge in [0.25, 0.3) is 0 Å². The van der Waals surface area contributed by atoms with Crippen LogP contribution in [0.25, 0.3) is 10.9 Å². The Morgan fingerprint density at radius 2 is 1.78 bits per heavy atom. The highest BCUT2D eigenvalue weighted by atomic mass is 16.5. The molecular weight excluding hydrogens is 402 g/mol. The molecule has 0 radical (unpaired) electrons. The Morgan fingerprint density at radius 1 is 1.03 bits per heavy atom. The molecule has 4 rings (SSSR count). The van der Waals surface area contributed by atoms with Crippen molar-refractivity contribution >= 4 is 22.7 Å². The maximum atomic E-state index is 5.50. The summed E-state index contributed by atoms with van der Waals surface area (Å²) in [7, 11) is 7.31. The number of methoxy groups -OCH3 is 2. The lowest BCUT2D eigenvalue weighted by atomic mass is 9.91. The van der Waals surface area contributed by atoms with Crippen LogP contribution in [0, 0.1) is 12.1 Å². The number of fused-ring (bicyclic) bond motifs is 1. The summed E-state index contributed by atoms with van der Waals surface area (Å²) in [5, 5.41) is 8.30. The van der Waals surface area contributed by atoms with Crippen LogP contribution in [0.1, 0.15) is 31.2 Å². The number of hydrogen-bond donors (Lipinski definition) is 2. The van der Waals surface area contributed by atoms with Crippen molar-refractivity contribution in [3.63, 3.8) is 0 Å². The van der Waals surface area contributed by atoms with E-state index in [0.29, 0.717) is 30.3 Å². The van der Waals surface area contributed by atoms with E-state index < -0.39 is 0 Å². The fraction of sp³-hybridized carbons (Fsp3) is 0.440. The van der Waals surface area contributed by atoms with Crippen LogP contribution in [-0.4, -0.2) is 50.4 Å². The molecule has 0 atom stereocenters. The molecule has 1 heterocycles. The molecule has 0 amide bonds. The highest BCUT2D eigenvalue weighted by Crippen LogP contribution is 2.29. The van der Waals surface area contributed by atoms with Gasteiger partial charge < -0.3 is 25.0 Å². The van der Waals surface area contributed by atoms with Crippen molar-refractivity contribution in [1.82, 2.24) is 15.3 Å². The maximum absolute atomic E-state index is 5.50. The second-order valence-corrected chi connectivity index (χ2v) is 8.36. The summed E-state index contributed by atoms with van der Waals surface area (Å²) in [6.45, 7) is 0.716. The Bertz CT molecular complexity index is 1050. The van der Waals surface area contributed by atoms with Crippen molar-refractivity contribution in [2.45, 2.75) is 44.3 Å². The number of anilines is 2. The second-order valence-electron chi connectivity index (χ2n) is 8.36. The van der Waals surface area contributed by atoms with Crippen LogP contribution in [0.4, 0.5) is 11.8 Å². The standard InChI is InChI=1S/C25H31N5O2/c1-30(2)24-20-9-5-6-10-21(20)28-25(29-24)27-19-14-12-18(13-15-19)26-16-17-8-7-11-22(31-3)23(17)32-4/h5-6,8-10,18-19,26H,12-16H2,1-4H3,(H,27,28,29). The fourth-order valence-electron chi connectivity index (χ4n) is 4.30. The molecule has 32 heavy (non-hydrogen) atoms. The van der Waals surface area contributed by atoms with E-state index in [2.05, 4.69) is 28.8 Å². The van der Waals surface area contributed by atoms with Gasteiger partial charge in [-0.1, -0.05) is 18.2 Å². The van der Waals surface area contributed by atoms with Crippen LogP contribution < -0.4 is 25.0 Å². The summed E-state index contributed by atoms with van der Waals surface area (Å²) in [5.74, 6) is 2.96. The van der Waals surface area contributed by atoms with Crippen molar-refractivity contribution in [2.24, 2.45) is 0 Å². The van der Waals surface area contributed by atoms with Crippen molar-refractivity contribution in [3.05, 3.63) is 48.0 Å². The Labute approximate surface area is 190 Å². The first-order chi connectivity index (χ1) is 15.6. The van der Waals surface area contributed by atoms with Crippen molar-refractivity contribution in [2.75, 3.05) is 38.5 Å². The summed E-state index contributed by atoms with van der Waals surface area (Å²) in [6.07, 6.45) is 4.32. The Hall–Kier alpha value is -3.24. The van der Waals surface area contributed by atoms with E-state index in [1.165, 1.54) is 0 Å². The van der Waals surface area contributed by atoms with Gasteiger partial charge in [-0.15, -0.1) is 0 Å². The molecule has 1 aromatic heterocycles. The molecule has 0 bridgehead atoms. The van der Waals surface area contributed by atoms with Crippen LogP contribution in [0.2, 0.25) is 0 Å². The van der Waals surface area contributed by atoms with E-state index in [-0.39, 0.29) is 0 Å². The first-order valence-electron chi connectivity index (χ1n) is 11.1. The minimum absolute atomic E-state index is 0.374. The summed E-state index contributed by atoms with van der Waals surface area (Å²) in [6, 6.07) is 16.8. The average Bonchev–Trinajstić information content (AvgIpc) is 2.82. The molecule has 1 fully saturated rings. The highest BCUT2D eigenvalue weighted by Gasteiger charge is 2.22. The molecule has 168 valence electrons. The third-order valence-electron chi connectivity index (χ3n) is 5.99. The molecule has 0 saturated heterocycles. The molecular formula is C25H31N5O2. The SMILES string of the molecule is COc1c#ccc(CNC2CCC(Nc3nc(N(C)C)c4ccccc4n3)CC2)c1OC. The smallest absolute Gasteiger partial charge is 0.225 e. The van der Waals surface area contributed by atoms with Gasteiger partial charge in [0.2, 0.25) is 11.7 Å². The van der Waals surface area contributed by atoms with Crippen molar-refractivity contribution in [1.29, 1.82) is 0 Å². The van der Waals surface area contributed by atoms with Gasteiger partial charge in [0, 0.05) is 43.7 Å². The van der Waals surface area contributed by atoms with Crippen LogP contribution in [0.15, 0.2) is 30.3 Å². The quantitative estimate of drug-likeness (QED) is 0.559. The first kappa shape index (κ1) is 22.0. The van der Waals surface area contributed by atoms with Gasteiger partial charge in [0.15, 0.2) is 5.75 Å². The van der Waals surface area contributed by atoms with Crippen molar-refractivity contribution in [3.8, 4) is 11.5 Å². The summed E-state index contributed by atoms with van der Waals surface area (Å²) in [4.78, 5) is 11.6. The highest BCUT2D eigenvalue weighted by molar-refractivity contribution is 5.90. The van der Waals surface area contributed by atoms with E-state index in [1.54, 1.807) is 14.2 Å². The molecule has 2 N–H and O–H groups in total. The average molecular weight is 434 g/mol. The number of hydrogen-bond acceptors (Lipinski definition) is 7. The van der Waals surface area contributed by atoms with Crippen LogP contribution in [-0.2, 0) is 6.54 Å². The summed E-state index contributed by atoms with van der Waals surface area (Å²) >= 11 is 0. The number of aromatic nitrogens is 2. The van der Waals surface area contributed by atoms with Gasteiger partial charge >= 0.3 is 0 Å². The maximum Gasteiger partial charge on any atom is 0.225 e. The van der Waals surface area contributed by atoms with Crippen molar-refractivity contribution < 1.29 is 9.47 Å². The zero-order valence-electron chi connectivity index (χ0n) is 19.2. The monoisotopic (exact) mass is 433 g/mol. The molecule has 0 spiro atoms. The van der Waals surface area contributed by atoms with Crippen LogP contribution in [0.3, 0.4) is 0 Å². The molecule has 3 aromatic rings. The van der Waals surface area contributed by atoms with Gasteiger partial charge in [-0.25, -0.2) is 4.98 Å². The van der Waals surface area contributed by atoms with Gasteiger partial charge in [-0.05, 0) is 49.9 Å². The first-order valence-corrected chi connectivity index (χ1v) is 11.1. The third kappa shape index (κ3) is 4.81. The molecule has 0 aliphatic heterocycles. The molecule has 7 heteroatoms. The number of nitrogens with zero attached hydrogens (tertiary/aromatic N) is 3. The largest absolute Gasteiger partial charge is 0.492 e. The van der Waals surface area contributed by atoms with E-state index in [9.17, 15) is 0 Å². The fourth-order valence-corrected chi connectivity index (χ4v) is 4.30. The molecule has 2 aromatic carbocycles. The number of nitrogens with one attached hydrogen (secondary N) is 2. The molecule has 1 aliphatic rings. The topological polar surface area (TPSA) is 71.5 Å². The number of benzene rings is 1.